The second-order valence-corrected chi connectivity index (χ2v) is 6.17. The van der Waals surface area contributed by atoms with Crippen LogP contribution in [0.15, 0.2) is 63.7 Å². The van der Waals surface area contributed by atoms with Crippen LogP contribution in [0.1, 0.15) is 0 Å². The lowest BCUT2D eigenvalue weighted by Gasteiger charge is -2.05. The van der Waals surface area contributed by atoms with E-state index in [9.17, 15) is 0 Å². The summed E-state index contributed by atoms with van der Waals surface area (Å²) in [6, 6.07) is 15.9. The summed E-state index contributed by atoms with van der Waals surface area (Å²) in [5.41, 5.74) is 9.14. The van der Waals surface area contributed by atoms with Gasteiger partial charge in [0.05, 0.1) is 11.9 Å². The Morgan fingerprint density at radius 2 is 1.40 bits per heavy atom. The molecule has 3 nitrogen and oxygen atoms in total. The molecule has 1 aromatic heterocycles. The summed E-state index contributed by atoms with van der Waals surface area (Å²) in [4.78, 5) is 0. The Kier molecular flexibility index (Phi) is 3.63. The van der Waals surface area contributed by atoms with Gasteiger partial charge in [-0.25, -0.2) is 4.68 Å². The second kappa shape index (κ2) is 5.42. The fraction of sp³-hybridized carbons (Fsp3) is 0. The number of nitrogens with zero attached hydrogens (tertiary/aromatic N) is 2. The summed E-state index contributed by atoms with van der Waals surface area (Å²) in [7, 11) is 0. The van der Waals surface area contributed by atoms with E-state index in [0.717, 1.165) is 25.8 Å². The lowest BCUT2D eigenvalue weighted by Crippen LogP contribution is -2.01. The maximum absolute atomic E-state index is 6.22. The number of nitrogens with two attached hydrogens (primary N) is 1. The van der Waals surface area contributed by atoms with Gasteiger partial charge in [0.15, 0.2) is 0 Å². The predicted molar refractivity (Wildman–Crippen MR) is 88.8 cm³/mol. The molecule has 0 amide bonds. The fourth-order valence-electron chi connectivity index (χ4n) is 2.00. The van der Waals surface area contributed by atoms with Crippen molar-refractivity contribution in [2.24, 2.45) is 0 Å². The van der Waals surface area contributed by atoms with E-state index in [0.29, 0.717) is 5.82 Å². The van der Waals surface area contributed by atoms with Gasteiger partial charge < -0.3 is 5.73 Å². The Bertz CT molecular complexity index is 668. The van der Waals surface area contributed by atoms with E-state index in [2.05, 4.69) is 37.0 Å². The highest BCUT2D eigenvalue weighted by Gasteiger charge is 2.10. The van der Waals surface area contributed by atoms with Crippen LogP contribution in [0.3, 0.4) is 0 Å². The third-order valence-corrected chi connectivity index (χ3v) is 4.09. The van der Waals surface area contributed by atoms with Crippen LogP contribution in [-0.2, 0) is 0 Å². The number of benzene rings is 2. The number of anilines is 1. The molecule has 0 unspecified atom stereocenters. The second-order valence-electron chi connectivity index (χ2n) is 4.34. The maximum atomic E-state index is 6.22. The van der Waals surface area contributed by atoms with E-state index in [1.54, 1.807) is 10.9 Å². The number of rotatable bonds is 2. The van der Waals surface area contributed by atoms with Crippen molar-refractivity contribution in [2.45, 2.75) is 0 Å². The molecule has 3 aromatic rings. The van der Waals surface area contributed by atoms with Crippen molar-refractivity contribution in [1.29, 1.82) is 0 Å². The standard InChI is InChI=1S/C15H11Br2N3/c16-11-3-1-10(2-4-11)14-9-19-20(15(14)18)13-7-5-12(17)6-8-13/h1-9H,18H2. The quantitative estimate of drug-likeness (QED) is 0.689. The highest BCUT2D eigenvalue weighted by molar-refractivity contribution is 9.10. The van der Waals surface area contributed by atoms with Gasteiger partial charge in [0, 0.05) is 14.5 Å². The minimum absolute atomic E-state index is 0.634. The molecule has 0 bridgehead atoms. The molecule has 2 N–H and O–H groups in total. The van der Waals surface area contributed by atoms with E-state index < -0.39 is 0 Å². The summed E-state index contributed by atoms with van der Waals surface area (Å²) >= 11 is 6.85. The van der Waals surface area contributed by atoms with Crippen LogP contribution < -0.4 is 5.73 Å². The Morgan fingerprint density at radius 1 is 0.850 bits per heavy atom. The molecule has 3 rings (SSSR count). The van der Waals surface area contributed by atoms with Gasteiger partial charge in [0.25, 0.3) is 0 Å². The lowest BCUT2D eigenvalue weighted by molar-refractivity contribution is 0.891. The number of nitrogen functional groups attached to an aromatic ring is 1. The molecule has 0 saturated heterocycles. The molecule has 20 heavy (non-hydrogen) atoms. The zero-order valence-electron chi connectivity index (χ0n) is 10.4. The number of halogens is 2. The number of hydrogen-bond acceptors (Lipinski definition) is 2. The first-order chi connectivity index (χ1) is 9.65. The topological polar surface area (TPSA) is 43.8 Å². The van der Waals surface area contributed by atoms with Crippen LogP contribution in [0, 0.1) is 0 Å². The van der Waals surface area contributed by atoms with Gasteiger partial charge in [-0.3, -0.25) is 0 Å². The molecule has 0 radical (unpaired) electrons. The van der Waals surface area contributed by atoms with Crippen LogP contribution in [-0.4, -0.2) is 9.78 Å². The Labute approximate surface area is 133 Å². The largest absolute Gasteiger partial charge is 0.383 e. The average molecular weight is 393 g/mol. The zero-order chi connectivity index (χ0) is 14.1. The van der Waals surface area contributed by atoms with Gasteiger partial charge >= 0.3 is 0 Å². The molecule has 2 aromatic carbocycles. The third-order valence-electron chi connectivity index (χ3n) is 3.03. The van der Waals surface area contributed by atoms with Crippen molar-refractivity contribution in [1.82, 2.24) is 9.78 Å². The Balaban J connectivity index is 2.04. The molecule has 100 valence electrons. The van der Waals surface area contributed by atoms with Gasteiger partial charge in [-0.05, 0) is 42.0 Å². The monoisotopic (exact) mass is 391 g/mol. The van der Waals surface area contributed by atoms with E-state index in [-0.39, 0.29) is 0 Å². The highest BCUT2D eigenvalue weighted by Crippen LogP contribution is 2.28. The van der Waals surface area contributed by atoms with Crippen molar-refractivity contribution in [3.05, 3.63) is 63.7 Å². The summed E-state index contributed by atoms with van der Waals surface area (Å²) < 4.78 is 3.81. The highest BCUT2D eigenvalue weighted by atomic mass is 79.9. The third kappa shape index (κ3) is 2.51. The normalized spacial score (nSPS) is 10.7. The van der Waals surface area contributed by atoms with Crippen LogP contribution in [0.4, 0.5) is 5.82 Å². The molecule has 0 aliphatic carbocycles. The summed E-state index contributed by atoms with van der Waals surface area (Å²) in [6.45, 7) is 0. The van der Waals surface area contributed by atoms with Gasteiger partial charge in [0.1, 0.15) is 5.82 Å². The van der Waals surface area contributed by atoms with E-state index in [4.69, 9.17) is 5.73 Å². The van der Waals surface area contributed by atoms with Crippen LogP contribution in [0.5, 0.6) is 0 Å². The van der Waals surface area contributed by atoms with Crippen LogP contribution in [0.2, 0.25) is 0 Å². The minimum atomic E-state index is 0.634. The molecule has 0 aliphatic rings. The smallest absolute Gasteiger partial charge is 0.135 e. The van der Waals surface area contributed by atoms with Gasteiger partial charge in [0.2, 0.25) is 0 Å². The number of aromatic nitrogens is 2. The van der Waals surface area contributed by atoms with Crippen molar-refractivity contribution in [2.75, 3.05) is 5.73 Å². The summed E-state index contributed by atoms with van der Waals surface area (Å²) in [5.74, 6) is 0.634. The first-order valence-electron chi connectivity index (χ1n) is 6.00. The average Bonchev–Trinajstić information content (AvgIpc) is 2.83. The van der Waals surface area contributed by atoms with Gasteiger partial charge in [-0.2, -0.15) is 5.10 Å². The van der Waals surface area contributed by atoms with Crippen molar-refractivity contribution < 1.29 is 0 Å². The predicted octanol–water partition coefficient (Wildman–Crippen LogP) is 4.65. The molecule has 0 saturated carbocycles. The Hall–Kier alpha value is -1.59. The van der Waals surface area contributed by atoms with E-state index >= 15 is 0 Å². The Morgan fingerprint density at radius 3 is 2.00 bits per heavy atom. The van der Waals surface area contributed by atoms with Gasteiger partial charge in [-0.1, -0.05) is 44.0 Å². The maximum Gasteiger partial charge on any atom is 0.135 e. The van der Waals surface area contributed by atoms with E-state index in [1.165, 1.54) is 0 Å². The van der Waals surface area contributed by atoms with E-state index in [1.807, 2.05) is 48.5 Å². The van der Waals surface area contributed by atoms with Crippen molar-refractivity contribution >= 4 is 37.7 Å². The molecular formula is C15H11Br2N3. The van der Waals surface area contributed by atoms with Gasteiger partial charge in [-0.15, -0.1) is 0 Å². The molecule has 0 fully saturated rings. The first-order valence-corrected chi connectivity index (χ1v) is 7.59. The molecule has 0 aliphatic heterocycles. The molecule has 1 heterocycles. The zero-order valence-corrected chi connectivity index (χ0v) is 13.6. The summed E-state index contributed by atoms with van der Waals surface area (Å²) in [5, 5.41) is 4.38. The van der Waals surface area contributed by atoms with Crippen LogP contribution in [0.25, 0.3) is 16.8 Å². The fourth-order valence-corrected chi connectivity index (χ4v) is 2.53. The minimum Gasteiger partial charge on any atom is -0.383 e. The lowest BCUT2D eigenvalue weighted by atomic mass is 10.1. The SMILES string of the molecule is Nc1c(-c2ccc(Br)cc2)cnn1-c1ccc(Br)cc1. The van der Waals surface area contributed by atoms with Crippen LogP contribution >= 0.6 is 31.9 Å². The number of hydrogen-bond donors (Lipinski definition) is 1. The van der Waals surface area contributed by atoms with Crippen molar-refractivity contribution in [3.63, 3.8) is 0 Å². The molecule has 5 heteroatoms. The first kappa shape index (κ1) is 13.4. The molecule has 0 atom stereocenters. The molecular weight excluding hydrogens is 382 g/mol. The molecule has 0 spiro atoms. The van der Waals surface area contributed by atoms with Crippen molar-refractivity contribution in [3.8, 4) is 16.8 Å². The summed E-state index contributed by atoms with van der Waals surface area (Å²) in [6.07, 6.45) is 1.79.